The normalized spacial score (nSPS) is 10.8. The van der Waals surface area contributed by atoms with Crippen LogP contribution < -0.4 is 15.8 Å². The molecule has 0 aliphatic carbocycles. The molecule has 44 heavy (non-hydrogen) atoms. The lowest BCUT2D eigenvalue weighted by molar-refractivity contribution is 0.0473. The maximum absolute atomic E-state index is 13.0. The molecule has 4 N–H and O–H groups in total. The second kappa shape index (κ2) is 19.1. The van der Waals surface area contributed by atoms with Gasteiger partial charge < -0.3 is 25.6 Å². The molecule has 0 saturated heterocycles. The second-order valence-electron chi connectivity index (χ2n) is 11.0. The van der Waals surface area contributed by atoms with Gasteiger partial charge in [-0.05, 0) is 48.4 Å². The van der Waals surface area contributed by atoms with Crippen molar-refractivity contribution in [3.8, 4) is 5.75 Å². The van der Waals surface area contributed by atoms with E-state index in [9.17, 15) is 19.5 Å². The number of carbonyl (C=O) groups excluding carboxylic acids is 2. The fourth-order valence-corrected chi connectivity index (χ4v) is 4.97. The first-order valence-corrected chi connectivity index (χ1v) is 15.8. The number of benzene rings is 3. The van der Waals surface area contributed by atoms with Crippen LogP contribution in [0.3, 0.4) is 0 Å². The molecule has 0 atom stereocenters. The van der Waals surface area contributed by atoms with Crippen LogP contribution in [0.1, 0.15) is 121 Å². The van der Waals surface area contributed by atoms with Crippen LogP contribution in [0.25, 0.3) is 0 Å². The van der Waals surface area contributed by atoms with Crippen molar-refractivity contribution in [2.75, 3.05) is 17.7 Å². The van der Waals surface area contributed by atoms with Crippen LogP contribution in [0.5, 0.6) is 5.75 Å². The van der Waals surface area contributed by atoms with Crippen LogP contribution in [0, 0.1) is 0 Å². The lowest BCUT2D eigenvalue weighted by Crippen LogP contribution is -2.18. The van der Waals surface area contributed by atoms with Gasteiger partial charge in [0, 0.05) is 0 Å². The molecular formula is C36H46N2O6. The Morgan fingerprint density at radius 3 is 1.93 bits per heavy atom. The zero-order valence-electron chi connectivity index (χ0n) is 25.8. The van der Waals surface area contributed by atoms with Gasteiger partial charge in [0.05, 0.1) is 34.7 Å². The summed E-state index contributed by atoms with van der Waals surface area (Å²) in [4.78, 5) is 37.3. The number of carbonyl (C=O) groups is 3. The number of unbranched alkanes of at least 4 members (excludes halogenated alkanes) is 11. The molecule has 0 fully saturated rings. The maximum atomic E-state index is 13.0. The number of carboxylic acid groups (broad SMARTS) is 1. The maximum Gasteiger partial charge on any atom is 0.340 e. The van der Waals surface area contributed by atoms with E-state index in [4.69, 9.17) is 15.2 Å². The van der Waals surface area contributed by atoms with Gasteiger partial charge in [0.15, 0.2) is 0 Å². The molecule has 0 aliphatic rings. The molecule has 1 amide bonds. The largest absolute Gasteiger partial charge is 0.491 e. The summed E-state index contributed by atoms with van der Waals surface area (Å²) >= 11 is 0. The zero-order valence-corrected chi connectivity index (χ0v) is 25.8. The molecule has 0 aromatic heterocycles. The number of ether oxygens (including phenoxy) is 2. The molecule has 0 saturated carbocycles. The molecule has 0 aliphatic heterocycles. The fraction of sp³-hybridized carbons (Fsp3) is 0.417. The van der Waals surface area contributed by atoms with Crippen molar-refractivity contribution in [1.82, 2.24) is 0 Å². The Labute approximate surface area is 261 Å². The van der Waals surface area contributed by atoms with Gasteiger partial charge in [-0.3, -0.25) is 4.79 Å². The van der Waals surface area contributed by atoms with Gasteiger partial charge >= 0.3 is 11.9 Å². The number of carboxylic acids is 1. The zero-order chi connectivity index (χ0) is 31.6. The highest BCUT2D eigenvalue weighted by molar-refractivity contribution is 6.12. The molecule has 0 heterocycles. The predicted molar refractivity (Wildman–Crippen MR) is 174 cm³/mol. The van der Waals surface area contributed by atoms with Gasteiger partial charge in [0.1, 0.15) is 12.4 Å². The first-order chi connectivity index (χ1) is 21.4. The number of rotatable bonds is 20. The Balaban J connectivity index is 1.43. The number of hydrogen-bond donors (Lipinski definition) is 3. The molecule has 0 unspecified atom stereocenters. The summed E-state index contributed by atoms with van der Waals surface area (Å²) in [5, 5.41) is 12.0. The highest BCUT2D eigenvalue weighted by atomic mass is 16.5. The van der Waals surface area contributed by atoms with Crippen molar-refractivity contribution in [1.29, 1.82) is 0 Å². The minimum absolute atomic E-state index is 0.0129. The summed E-state index contributed by atoms with van der Waals surface area (Å²) in [6.45, 7) is 2.81. The summed E-state index contributed by atoms with van der Waals surface area (Å²) in [6, 6.07) is 17.6. The van der Waals surface area contributed by atoms with Crippen molar-refractivity contribution >= 4 is 29.2 Å². The highest BCUT2D eigenvalue weighted by Gasteiger charge is 2.19. The van der Waals surface area contributed by atoms with Gasteiger partial charge in [-0.2, -0.15) is 0 Å². The molecule has 0 spiro atoms. The first kappa shape index (κ1) is 34.2. The minimum atomic E-state index is -1.22. The topological polar surface area (TPSA) is 128 Å². The highest BCUT2D eigenvalue weighted by Crippen LogP contribution is 2.25. The third kappa shape index (κ3) is 11.4. The summed E-state index contributed by atoms with van der Waals surface area (Å²) in [7, 11) is 0. The van der Waals surface area contributed by atoms with E-state index in [0.717, 1.165) is 12.8 Å². The number of aromatic carboxylic acids is 1. The summed E-state index contributed by atoms with van der Waals surface area (Å²) in [6.07, 6.45) is 15.3. The molecule has 3 aromatic rings. The van der Waals surface area contributed by atoms with E-state index >= 15 is 0 Å². The monoisotopic (exact) mass is 602 g/mol. The summed E-state index contributed by atoms with van der Waals surface area (Å²) < 4.78 is 11.5. The SMILES string of the molecule is CCCCCCCCCCCCCCOc1cc(COC(=O)c2ccccc2NC(=O)c2ccccc2C(=O)O)ccc1N. The predicted octanol–water partition coefficient (Wildman–Crippen LogP) is 8.66. The quantitative estimate of drug-likeness (QED) is 0.0670. The van der Waals surface area contributed by atoms with Crippen molar-refractivity contribution in [3.05, 3.63) is 89.0 Å². The third-order valence-electron chi connectivity index (χ3n) is 7.50. The van der Waals surface area contributed by atoms with Gasteiger partial charge in [-0.25, -0.2) is 9.59 Å². The number of nitrogens with one attached hydrogen (secondary N) is 1. The van der Waals surface area contributed by atoms with E-state index in [1.54, 1.807) is 48.5 Å². The average molecular weight is 603 g/mol. The van der Waals surface area contributed by atoms with E-state index in [1.165, 1.54) is 82.4 Å². The van der Waals surface area contributed by atoms with Crippen LogP contribution in [0.4, 0.5) is 11.4 Å². The van der Waals surface area contributed by atoms with E-state index in [2.05, 4.69) is 12.2 Å². The van der Waals surface area contributed by atoms with Crippen LogP contribution in [-0.2, 0) is 11.3 Å². The summed E-state index contributed by atoms with van der Waals surface area (Å²) in [5.74, 6) is -1.93. The van der Waals surface area contributed by atoms with Crippen molar-refractivity contribution in [2.45, 2.75) is 90.6 Å². The number of anilines is 2. The number of nitrogen functional groups attached to an aromatic ring is 1. The summed E-state index contributed by atoms with van der Waals surface area (Å²) in [5.41, 5.74) is 7.57. The Morgan fingerprint density at radius 2 is 1.30 bits per heavy atom. The Hall–Kier alpha value is -4.33. The van der Waals surface area contributed by atoms with Gasteiger partial charge in [-0.15, -0.1) is 0 Å². The van der Waals surface area contributed by atoms with Crippen LogP contribution in [-0.4, -0.2) is 29.6 Å². The van der Waals surface area contributed by atoms with Crippen molar-refractivity contribution in [2.24, 2.45) is 0 Å². The van der Waals surface area contributed by atoms with Crippen LogP contribution >= 0.6 is 0 Å². The standard InChI is InChI=1S/C36H46N2O6/c1-2-3-4-5-6-7-8-9-10-11-12-17-24-43-33-25-27(22-23-31(33)37)26-44-36(42)30-20-15-16-21-32(30)38-34(39)28-18-13-14-19-29(28)35(40)41/h13-16,18-23,25H,2-12,17,24,26,37H2,1H3,(H,38,39)(H,40,41). The first-order valence-electron chi connectivity index (χ1n) is 15.8. The average Bonchev–Trinajstić information content (AvgIpc) is 3.03. The second-order valence-corrected chi connectivity index (χ2v) is 11.0. The lowest BCUT2D eigenvalue weighted by Gasteiger charge is -2.13. The molecule has 8 nitrogen and oxygen atoms in total. The molecule has 236 valence electrons. The van der Waals surface area contributed by atoms with E-state index in [0.29, 0.717) is 23.6 Å². The van der Waals surface area contributed by atoms with E-state index in [1.807, 2.05) is 0 Å². The molecule has 3 rings (SSSR count). The van der Waals surface area contributed by atoms with Crippen molar-refractivity contribution < 1.29 is 29.0 Å². The molecule has 3 aromatic carbocycles. The Bertz CT molecular complexity index is 1360. The van der Waals surface area contributed by atoms with Gasteiger partial charge in [0.2, 0.25) is 0 Å². The number of para-hydroxylation sites is 1. The minimum Gasteiger partial charge on any atom is -0.491 e. The van der Waals surface area contributed by atoms with Crippen LogP contribution in [0.2, 0.25) is 0 Å². The Kier molecular flexibility index (Phi) is 14.8. The van der Waals surface area contributed by atoms with Crippen molar-refractivity contribution in [3.63, 3.8) is 0 Å². The number of amides is 1. The van der Waals surface area contributed by atoms with Gasteiger partial charge in [0.25, 0.3) is 5.91 Å². The van der Waals surface area contributed by atoms with E-state index < -0.39 is 17.8 Å². The number of hydrogen-bond acceptors (Lipinski definition) is 6. The third-order valence-corrected chi connectivity index (χ3v) is 7.50. The molecular weight excluding hydrogens is 556 g/mol. The fourth-order valence-electron chi connectivity index (χ4n) is 4.97. The lowest BCUT2D eigenvalue weighted by atomic mass is 10.1. The van der Waals surface area contributed by atoms with Crippen LogP contribution in [0.15, 0.2) is 66.7 Å². The Morgan fingerprint density at radius 1 is 0.727 bits per heavy atom. The van der Waals surface area contributed by atoms with E-state index in [-0.39, 0.29) is 29.0 Å². The number of esters is 1. The molecule has 0 bridgehead atoms. The smallest absolute Gasteiger partial charge is 0.340 e. The molecule has 8 heteroatoms. The number of nitrogens with two attached hydrogens (primary N) is 1. The molecule has 0 radical (unpaired) electrons. The van der Waals surface area contributed by atoms with Gasteiger partial charge in [-0.1, -0.05) is 108 Å².